The summed E-state index contributed by atoms with van der Waals surface area (Å²) in [7, 11) is 0. The van der Waals surface area contributed by atoms with Crippen molar-refractivity contribution in [3.63, 3.8) is 0 Å². The second-order valence-electron chi connectivity index (χ2n) is 3.93. The summed E-state index contributed by atoms with van der Waals surface area (Å²) in [5.41, 5.74) is 2.90. The summed E-state index contributed by atoms with van der Waals surface area (Å²) >= 11 is 11.2. The molecule has 2 N–H and O–H groups in total. The van der Waals surface area contributed by atoms with E-state index in [0.29, 0.717) is 16.0 Å². The average Bonchev–Trinajstić information content (AvgIpc) is 2.42. The van der Waals surface area contributed by atoms with Crippen molar-refractivity contribution in [2.75, 3.05) is 10.6 Å². The topological polar surface area (TPSA) is 37.0 Å². The molecule has 2 rings (SSSR count). The number of para-hydroxylation sites is 1. The van der Waals surface area contributed by atoms with Crippen molar-refractivity contribution in [1.82, 2.24) is 4.98 Å². The van der Waals surface area contributed by atoms with Crippen LogP contribution in [0.1, 0.15) is 12.5 Å². The zero-order chi connectivity index (χ0) is 13.7. The van der Waals surface area contributed by atoms with Gasteiger partial charge in [-0.3, -0.25) is 0 Å². The van der Waals surface area contributed by atoms with Crippen LogP contribution in [0.2, 0.25) is 5.15 Å². The van der Waals surface area contributed by atoms with Crippen LogP contribution in [0.3, 0.4) is 0 Å². The maximum atomic E-state index is 5.97. The summed E-state index contributed by atoms with van der Waals surface area (Å²) in [5.74, 6) is 0. The Labute approximate surface area is 123 Å². The molecule has 0 radical (unpaired) electrons. The minimum atomic E-state index is 0.399. The van der Waals surface area contributed by atoms with E-state index in [0.717, 1.165) is 12.1 Å². The number of hydrogen-bond acceptors (Lipinski definition) is 2. The van der Waals surface area contributed by atoms with Crippen molar-refractivity contribution in [1.29, 1.82) is 0 Å². The molecular weight excluding hydrogens is 278 g/mol. The molecule has 0 bridgehead atoms. The molecule has 0 aliphatic heterocycles. The number of hydrogen-bond donors (Lipinski definition) is 2. The van der Waals surface area contributed by atoms with Crippen molar-refractivity contribution < 1.29 is 0 Å². The second kappa shape index (κ2) is 6.50. The maximum absolute atomic E-state index is 5.97. The third-order valence-electron chi connectivity index (χ3n) is 2.65. The van der Waals surface area contributed by atoms with Gasteiger partial charge in [0.05, 0.1) is 5.69 Å². The lowest BCUT2D eigenvalue weighted by Gasteiger charge is -2.13. The van der Waals surface area contributed by atoms with Crippen LogP contribution in [0.25, 0.3) is 0 Å². The molecule has 98 valence electrons. The molecule has 0 aliphatic carbocycles. The van der Waals surface area contributed by atoms with Gasteiger partial charge in [-0.15, -0.1) is 0 Å². The summed E-state index contributed by atoms with van der Waals surface area (Å²) in [5, 5.41) is 7.10. The highest BCUT2D eigenvalue weighted by molar-refractivity contribution is 7.80. The van der Waals surface area contributed by atoms with Gasteiger partial charge < -0.3 is 10.6 Å². The standard InChI is InChI=1S/C14H14ClN3S/c1-2-10-6-3-4-7-11(10)17-14(19)18-12-8-5-9-16-13(12)15/h3-9H,2H2,1H3,(H2,17,18,19). The molecule has 0 saturated heterocycles. The molecule has 0 saturated carbocycles. The number of aryl methyl sites for hydroxylation is 1. The molecule has 2 aromatic rings. The van der Waals surface area contributed by atoms with Gasteiger partial charge in [-0.2, -0.15) is 0 Å². The SMILES string of the molecule is CCc1ccccc1NC(=S)Nc1cccnc1Cl. The Balaban J connectivity index is 2.08. The Morgan fingerprint density at radius 1 is 1.16 bits per heavy atom. The normalized spacial score (nSPS) is 10.0. The van der Waals surface area contributed by atoms with E-state index in [4.69, 9.17) is 23.8 Å². The smallest absolute Gasteiger partial charge is 0.175 e. The molecule has 1 aromatic heterocycles. The lowest BCUT2D eigenvalue weighted by molar-refractivity contribution is 1.14. The molecule has 0 unspecified atom stereocenters. The molecule has 3 nitrogen and oxygen atoms in total. The van der Waals surface area contributed by atoms with E-state index in [-0.39, 0.29) is 0 Å². The highest BCUT2D eigenvalue weighted by Crippen LogP contribution is 2.19. The van der Waals surface area contributed by atoms with E-state index in [9.17, 15) is 0 Å². The predicted molar refractivity (Wildman–Crippen MR) is 84.9 cm³/mol. The third kappa shape index (κ3) is 3.66. The lowest BCUT2D eigenvalue weighted by Crippen LogP contribution is -2.20. The fourth-order valence-electron chi connectivity index (χ4n) is 1.71. The Morgan fingerprint density at radius 3 is 2.58 bits per heavy atom. The molecular formula is C14H14ClN3S. The molecule has 1 heterocycles. The fourth-order valence-corrected chi connectivity index (χ4v) is 2.09. The molecule has 0 amide bonds. The van der Waals surface area contributed by atoms with Gasteiger partial charge in [-0.1, -0.05) is 36.7 Å². The number of pyridine rings is 1. The van der Waals surface area contributed by atoms with E-state index in [2.05, 4.69) is 28.6 Å². The molecule has 0 fully saturated rings. The first-order valence-electron chi connectivity index (χ1n) is 5.97. The van der Waals surface area contributed by atoms with Crippen LogP contribution >= 0.6 is 23.8 Å². The van der Waals surface area contributed by atoms with Gasteiger partial charge in [0.15, 0.2) is 10.3 Å². The van der Waals surface area contributed by atoms with E-state index >= 15 is 0 Å². The van der Waals surface area contributed by atoms with Crippen LogP contribution in [-0.2, 0) is 6.42 Å². The van der Waals surface area contributed by atoms with Gasteiger partial charge in [0.1, 0.15) is 0 Å². The fraction of sp³-hybridized carbons (Fsp3) is 0.143. The Hall–Kier alpha value is -1.65. The number of nitrogens with zero attached hydrogens (tertiary/aromatic N) is 1. The summed E-state index contributed by atoms with van der Waals surface area (Å²) in [6.07, 6.45) is 2.58. The first kappa shape index (κ1) is 13.8. The van der Waals surface area contributed by atoms with Crippen LogP contribution in [0.4, 0.5) is 11.4 Å². The Bertz CT molecular complexity index is 586. The number of halogens is 1. The number of benzene rings is 1. The summed E-state index contributed by atoms with van der Waals surface area (Å²) in [6, 6.07) is 11.7. The predicted octanol–water partition coefficient (Wildman–Crippen LogP) is 4.11. The minimum absolute atomic E-state index is 0.399. The quantitative estimate of drug-likeness (QED) is 0.659. The summed E-state index contributed by atoms with van der Waals surface area (Å²) in [6.45, 7) is 2.11. The van der Waals surface area contributed by atoms with Crippen LogP contribution < -0.4 is 10.6 Å². The lowest BCUT2D eigenvalue weighted by atomic mass is 10.1. The van der Waals surface area contributed by atoms with Gasteiger partial charge in [0.2, 0.25) is 0 Å². The molecule has 0 aliphatic rings. The molecule has 0 atom stereocenters. The number of rotatable bonds is 3. The van der Waals surface area contributed by atoms with Crippen molar-refractivity contribution in [2.24, 2.45) is 0 Å². The van der Waals surface area contributed by atoms with Crippen LogP contribution in [0.15, 0.2) is 42.6 Å². The van der Waals surface area contributed by atoms with Crippen LogP contribution in [0.5, 0.6) is 0 Å². The molecule has 19 heavy (non-hydrogen) atoms. The number of thiocarbonyl (C=S) groups is 1. The first-order chi connectivity index (χ1) is 9.20. The van der Waals surface area contributed by atoms with Gasteiger partial charge in [-0.25, -0.2) is 4.98 Å². The molecule has 0 spiro atoms. The maximum Gasteiger partial charge on any atom is 0.175 e. The van der Waals surface area contributed by atoms with E-state index in [1.165, 1.54) is 5.56 Å². The van der Waals surface area contributed by atoms with Gasteiger partial charge in [0.25, 0.3) is 0 Å². The monoisotopic (exact) mass is 291 g/mol. The molecule has 5 heteroatoms. The van der Waals surface area contributed by atoms with Crippen molar-refractivity contribution in [3.05, 3.63) is 53.3 Å². The largest absolute Gasteiger partial charge is 0.332 e. The van der Waals surface area contributed by atoms with Crippen LogP contribution in [0, 0.1) is 0 Å². The summed E-state index contributed by atoms with van der Waals surface area (Å²) in [4.78, 5) is 3.99. The van der Waals surface area contributed by atoms with Crippen molar-refractivity contribution in [2.45, 2.75) is 13.3 Å². The number of nitrogens with one attached hydrogen (secondary N) is 2. The zero-order valence-electron chi connectivity index (χ0n) is 10.5. The van der Waals surface area contributed by atoms with Gasteiger partial charge in [-0.05, 0) is 42.4 Å². The van der Waals surface area contributed by atoms with Crippen molar-refractivity contribution in [3.8, 4) is 0 Å². The second-order valence-corrected chi connectivity index (χ2v) is 4.70. The number of aromatic nitrogens is 1. The number of anilines is 2. The highest BCUT2D eigenvalue weighted by Gasteiger charge is 2.05. The Kier molecular flexibility index (Phi) is 4.71. The third-order valence-corrected chi connectivity index (χ3v) is 3.16. The first-order valence-corrected chi connectivity index (χ1v) is 6.75. The summed E-state index contributed by atoms with van der Waals surface area (Å²) < 4.78 is 0. The van der Waals surface area contributed by atoms with Gasteiger partial charge in [0, 0.05) is 11.9 Å². The average molecular weight is 292 g/mol. The minimum Gasteiger partial charge on any atom is -0.332 e. The zero-order valence-corrected chi connectivity index (χ0v) is 12.1. The highest BCUT2D eigenvalue weighted by atomic mass is 35.5. The van der Waals surface area contributed by atoms with E-state index in [1.807, 2.05) is 24.3 Å². The Morgan fingerprint density at radius 2 is 1.84 bits per heavy atom. The molecule has 1 aromatic carbocycles. The van der Waals surface area contributed by atoms with E-state index < -0.39 is 0 Å². The van der Waals surface area contributed by atoms with Gasteiger partial charge >= 0.3 is 0 Å². The van der Waals surface area contributed by atoms with E-state index in [1.54, 1.807) is 12.3 Å². The van der Waals surface area contributed by atoms with Crippen molar-refractivity contribution >= 4 is 40.3 Å². The van der Waals surface area contributed by atoms with Crippen LogP contribution in [-0.4, -0.2) is 10.1 Å².